The van der Waals surface area contributed by atoms with Crippen LogP contribution in [0.15, 0.2) is 42.5 Å². The van der Waals surface area contributed by atoms with Crippen LogP contribution in [0.4, 0.5) is 15.8 Å². The molecule has 2 aromatic rings. The molecule has 6 nitrogen and oxygen atoms in total. The molecule has 1 N–H and O–H groups in total. The molecular formula is C20H19FN2O4S. The molecule has 0 radical (unpaired) electrons. The molecule has 1 saturated heterocycles. The zero-order valence-corrected chi connectivity index (χ0v) is 15.8. The number of anilines is 2. The average Bonchev–Trinajstić information content (AvgIpc) is 3.26. The number of sulfonamides is 1. The Morgan fingerprint density at radius 1 is 1.21 bits per heavy atom. The maximum atomic E-state index is 14.1. The summed E-state index contributed by atoms with van der Waals surface area (Å²) in [5, 5.41) is 2.64. The fourth-order valence-electron chi connectivity index (χ4n) is 3.36. The van der Waals surface area contributed by atoms with Gasteiger partial charge in [-0.2, -0.15) is 0 Å². The van der Waals surface area contributed by atoms with Crippen molar-refractivity contribution in [1.82, 2.24) is 0 Å². The number of fused-ring (bicyclic) bond motifs is 1. The van der Waals surface area contributed by atoms with E-state index < -0.39 is 21.7 Å². The average molecular weight is 402 g/mol. The fourth-order valence-corrected chi connectivity index (χ4v) is 4.92. The van der Waals surface area contributed by atoms with Crippen LogP contribution in [0.3, 0.4) is 0 Å². The van der Waals surface area contributed by atoms with Crippen LogP contribution < -0.4 is 14.4 Å². The Kier molecular flexibility index (Phi) is 4.80. The monoisotopic (exact) mass is 402 g/mol. The number of nitrogens with zero attached hydrogens (tertiary/aromatic N) is 1. The number of benzene rings is 2. The molecule has 2 aromatic carbocycles. The van der Waals surface area contributed by atoms with Crippen LogP contribution in [0.5, 0.6) is 5.75 Å². The second kappa shape index (κ2) is 7.27. The highest BCUT2D eigenvalue weighted by atomic mass is 32.2. The van der Waals surface area contributed by atoms with Crippen LogP contribution in [0.25, 0.3) is 6.08 Å². The molecule has 146 valence electrons. The maximum Gasteiger partial charge on any atom is 0.248 e. The molecule has 2 aliphatic rings. The smallest absolute Gasteiger partial charge is 0.248 e. The SMILES string of the molecule is O=C(C=Cc1ccc2c(c1)CCO2)Nc1ccc(F)c(N2CCCS2(=O)=O)c1. The van der Waals surface area contributed by atoms with E-state index in [9.17, 15) is 17.6 Å². The van der Waals surface area contributed by atoms with E-state index in [1.807, 2.05) is 18.2 Å². The standard InChI is InChI=1S/C20H19FN2O4S/c21-17-5-4-16(13-18(17)23-9-1-11-28(23,25)26)22-20(24)7-3-14-2-6-19-15(12-14)8-10-27-19/h2-7,12-13H,1,8-11H2,(H,22,24). The van der Waals surface area contributed by atoms with E-state index in [0.717, 1.165) is 33.7 Å². The Bertz CT molecular complexity index is 1070. The molecule has 0 atom stereocenters. The minimum Gasteiger partial charge on any atom is -0.493 e. The van der Waals surface area contributed by atoms with Crippen LogP contribution in [0.1, 0.15) is 17.5 Å². The van der Waals surface area contributed by atoms with Gasteiger partial charge in [0, 0.05) is 24.7 Å². The summed E-state index contributed by atoms with van der Waals surface area (Å²) in [5.41, 5.74) is 2.27. The first-order valence-electron chi connectivity index (χ1n) is 8.97. The molecule has 0 unspecified atom stereocenters. The van der Waals surface area contributed by atoms with Gasteiger partial charge in [0.1, 0.15) is 11.6 Å². The number of carbonyl (C=O) groups excluding carboxylic acids is 1. The lowest BCUT2D eigenvalue weighted by Crippen LogP contribution is -2.26. The minimum atomic E-state index is -3.50. The lowest BCUT2D eigenvalue weighted by Gasteiger charge is -2.18. The minimum absolute atomic E-state index is 0.00240. The molecule has 1 fully saturated rings. The topological polar surface area (TPSA) is 75.7 Å². The van der Waals surface area contributed by atoms with E-state index in [1.54, 1.807) is 6.08 Å². The van der Waals surface area contributed by atoms with E-state index >= 15 is 0 Å². The van der Waals surface area contributed by atoms with Crippen molar-refractivity contribution >= 4 is 33.4 Å². The first kappa shape index (κ1) is 18.5. The van der Waals surface area contributed by atoms with Gasteiger partial charge in [0.2, 0.25) is 15.9 Å². The Morgan fingerprint density at radius 3 is 2.86 bits per heavy atom. The Balaban J connectivity index is 1.48. The van der Waals surface area contributed by atoms with Gasteiger partial charge in [0.15, 0.2) is 0 Å². The van der Waals surface area contributed by atoms with Crippen LogP contribution in [0, 0.1) is 5.82 Å². The fraction of sp³-hybridized carbons (Fsp3) is 0.250. The summed E-state index contributed by atoms with van der Waals surface area (Å²) in [5.74, 6) is -0.160. The van der Waals surface area contributed by atoms with Crippen molar-refractivity contribution in [2.24, 2.45) is 0 Å². The summed E-state index contributed by atoms with van der Waals surface area (Å²) in [4.78, 5) is 12.2. The first-order chi connectivity index (χ1) is 13.4. The van der Waals surface area contributed by atoms with E-state index in [-0.39, 0.29) is 18.0 Å². The molecule has 2 heterocycles. The Labute approximate surface area is 162 Å². The summed E-state index contributed by atoms with van der Waals surface area (Å²) < 4.78 is 44.7. The number of carbonyl (C=O) groups is 1. The number of hydrogen-bond donors (Lipinski definition) is 1. The van der Waals surface area contributed by atoms with Crippen molar-refractivity contribution in [3.8, 4) is 5.75 Å². The summed E-state index contributed by atoms with van der Waals surface area (Å²) >= 11 is 0. The Morgan fingerprint density at radius 2 is 2.07 bits per heavy atom. The van der Waals surface area contributed by atoms with Gasteiger partial charge in [-0.15, -0.1) is 0 Å². The summed E-state index contributed by atoms with van der Waals surface area (Å²) in [6, 6.07) is 9.62. The summed E-state index contributed by atoms with van der Waals surface area (Å²) in [6.07, 6.45) is 4.37. The van der Waals surface area contributed by atoms with Gasteiger partial charge in [-0.25, -0.2) is 12.8 Å². The highest BCUT2D eigenvalue weighted by molar-refractivity contribution is 7.93. The second-order valence-corrected chi connectivity index (χ2v) is 8.71. The maximum absolute atomic E-state index is 14.1. The quantitative estimate of drug-likeness (QED) is 0.798. The van der Waals surface area contributed by atoms with Crippen molar-refractivity contribution in [1.29, 1.82) is 0 Å². The number of amides is 1. The normalized spacial score (nSPS) is 17.5. The molecule has 8 heteroatoms. The summed E-state index contributed by atoms with van der Waals surface area (Å²) in [6.45, 7) is 0.904. The zero-order chi connectivity index (χ0) is 19.7. The van der Waals surface area contributed by atoms with E-state index in [2.05, 4.69) is 5.32 Å². The molecule has 28 heavy (non-hydrogen) atoms. The molecule has 2 aliphatic heterocycles. The van der Waals surface area contributed by atoms with Gasteiger partial charge in [0.25, 0.3) is 0 Å². The van der Waals surface area contributed by atoms with Crippen LogP contribution in [-0.2, 0) is 21.2 Å². The molecular weight excluding hydrogens is 383 g/mol. The molecule has 4 rings (SSSR count). The number of halogens is 1. The predicted octanol–water partition coefficient (Wildman–Crippen LogP) is 2.95. The molecule has 0 aromatic heterocycles. The van der Waals surface area contributed by atoms with Crippen LogP contribution >= 0.6 is 0 Å². The highest BCUT2D eigenvalue weighted by Crippen LogP contribution is 2.29. The molecule has 1 amide bonds. The lowest BCUT2D eigenvalue weighted by atomic mass is 10.1. The third kappa shape index (κ3) is 3.73. The second-order valence-electron chi connectivity index (χ2n) is 6.70. The number of nitrogens with one attached hydrogen (secondary N) is 1. The van der Waals surface area contributed by atoms with Crippen molar-refractivity contribution in [2.75, 3.05) is 28.5 Å². The molecule has 0 spiro atoms. The van der Waals surface area contributed by atoms with Crippen molar-refractivity contribution in [3.05, 3.63) is 59.4 Å². The lowest BCUT2D eigenvalue weighted by molar-refractivity contribution is -0.111. The van der Waals surface area contributed by atoms with Gasteiger partial charge in [0.05, 0.1) is 18.0 Å². The van der Waals surface area contributed by atoms with Crippen molar-refractivity contribution in [3.63, 3.8) is 0 Å². The van der Waals surface area contributed by atoms with Gasteiger partial charge >= 0.3 is 0 Å². The molecule has 0 saturated carbocycles. The number of rotatable bonds is 4. The first-order valence-corrected chi connectivity index (χ1v) is 10.6. The Hall–Kier alpha value is -2.87. The van der Waals surface area contributed by atoms with Gasteiger partial charge in [-0.05, 0) is 54.0 Å². The third-order valence-corrected chi connectivity index (χ3v) is 6.58. The van der Waals surface area contributed by atoms with Gasteiger partial charge in [-0.1, -0.05) is 6.07 Å². The van der Waals surface area contributed by atoms with Crippen molar-refractivity contribution < 1.29 is 22.3 Å². The highest BCUT2D eigenvalue weighted by Gasteiger charge is 2.30. The predicted molar refractivity (Wildman–Crippen MR) is 105 cm³/mol. The third-order valence-electron chi connectivity index (χ3n) is 4.72. The van der Waals surface area contributed by atoms with Crippen LogP contribution in [-0.4, -0.2) is 33.2 Å². The van der Waals surface area contributed by atoms with E-state index in [0.29, 0.717) is 18.7 Å². The molecule has 0 bridgehead atoms. The number of ether oxygens (including phenoxy) is 1. The summed E-state index contributed by atoms with van der Waals surface area (Å²) in [7, 11) is -3.50. The number of hydrogen-bond acceptors (Lipinski definition) is 4. The van der Waals surface area contributed by atoms with E-state index in [4.69, 9.17) is 4.74 Å². The molecule has 0 aliphatic carbocycles. The van der Waals surface area contributed by atoms with Gasteiger partial charge < -0.3 is 10.1 Å². The van der Waals surface area contributed by atoms with Crippen molar-refractivity contribution in [2.45, 2.75) is 12.8 Å². The largest absolute Gasteiger partial charge is 0.493 e. The zero-order valence-electron chi connectivity index (χ0n) is 15.0. The van der Waals surface area contributed by atoms with Crippen LogP contribution in [0.2, 0.25) is 0 Å². The van der Waals surface area contributed by atoms with Gasteiger partial charge in [-0.3, -0.25) is 9.10 Å². The van der Waals surface area contributed by atoms with E-state index in [1.165, 1.54) is 18.2 Å².